The van der Waals surface area contributed by atoms with Gasteiger partial charge in [-0.05, 0) is 46.4 Å². The molecule has 7 heteroatoms. The van der Waals surface area contributed by atoms with Crippen molar-refractivity contribution in [2.24, 2.45) is 0 Å². The molecular formula is C17H17IN2O4. The maximum atomic E-state index is 10.8. The predicted molar refractivity (Wildman–Crippen MR) is 102 cm³/mol. The summed E-state index contributed by atoms with van der Waals surface area (Å²) in [6, 6.07) is 10.3. The van der Waals surface area contributed by atoms with E-state index in [4.69, 9.17) is 9.47 Å². The quantitative estimate of drug-likeness (QED) is 0.286. The van der Waals surface area contributed by atoms with Crippen LogP contribution < -0.4 is 14.8 Å². The minimum atomic E-state index is -0.414. The molecule has 0 fully saturated rings. The summed E-state index contributed by atoms with van der Waals surface area (Å²) in [6.07, 6.45) is 1.67. The van der Waals surface area contributed by atoms with Crippen molar-refractivity contribution >= 4 is 34.0 Å². The lowest BCUT2D eigenvalue weighted by molar-refractivity contribution is -0.384. The van der Waals surface area contributed by atoms with Gasteiger partial charge in [-0.2, -0.15) is 0 Å². The number of halogens is 1. The molecule has 0 saturated carbocycles. The Morgan fingerprint density at radius 2 is 2.17 bits per heavy atom. The lowest BCUT2D eigenvalue weighted by atomic mass is 10.2. The molecule has 24 heavy (non-hydrogen) atoms. The van der Waals surface area contributed by atoms with Crippen LogP contribution in [0.15, 0.2) is 49.1 Å². The molecule has 126 valence electrons. The summed E-state index contributed by atoms with van der Waals surface area (Å²) in [7, 11) is 1.59. The molecule has 0 unspecified atom stereocenters. The Labute approximate surface area is 153 Å². The standard InChI is InChI=1S/C17H17IN2O4/c1-3-7-24-17-15(18)8-12(9-16(17)23-2)11-19-13-5-4-6-14(10-13)20(21)22/h3-6,8-10,19H,1,7,11H2,2H3. The van der Waals surface area contributed by atoms with Gasteiger partial charge in [0.2, 0.25) is 0 Å². The van der Waals surface area contributed by atoms with Crippen molar-refractivity contribution in [3.05, 3.63) is 68.3 Å². The van der Waals surface area contributed by atoms with Crippen LogP contribution in [0.4, 0.5) is 11.4 Å². The summed E-state index contributed by atoms with van der Waals surface area (Å²) >= 11 is 2.19. The highest BCUT2D eigenvalue weighted by atomic mass is 127. The second-order valence-electron chi connectivity index (χ2n) is 4.87. The topological polar surface area (TPSA) is 73.6 Å². The molecule has 2 rings (SSSR count). The summed E-state index contributed by atoms with van der Waals surface area (Å²) in [5.74, 6) is 1.32. The molecule has 0 aliphatic rings. The maximum Gasteiger partial charge on any atom is 0.271 e. The van der Waals surface area contributed by atoms with Gasteiger partial charge in [0.15, 0.2) is 11.5 Å². The van der Waals surface area contributed by atoms with E-state index in [9.17, 15) is 10.1 Å². The van der Waals surface area contributed by atoms with Gasteiger partial charge in [-0.1, -0.05) is 18.7 Å². The van der Waals surface area contributed by atoms with Gasteiger partial charge in [-0.15, -0.1) is 0 Å². The first-order valence-electron chi connectivity index (χ1n) is 7.13. The number of nitrogens with zero attached hydrogens (tertiary/aromatic N) is 1. The van der Waals surface area contributed by atoms with E-state index in [0.29, 0.717) is 30.3 Å². The van der Waals surface area contributed by atoms with Crippen LogP contribution in [-0.2, 0) is 6.54 Å². The lowest BCUT2D eigenvalue weighted by Crippen LogP contribution is -2.03. The summed E-state index contributed by atoms with van der Waals surface area (Å²) in [4.78, 5) is 10.4. The van der Waals surface area contributed by atoms with E-state index in [-0.39, 0.29) is 5.69 Å². The Kier molecular flexibility index (Phi) is 6.42. The monoisotopic (exact) mass is 440 g/mol. The average Bonchev–Trinajstić information content (AvgIpc) is 2.58. The Hall–Kier alpha value is -2.29. The third-order valence-electron chi connectivity index (χ3n) is 3.19. The van der Waals surface area contributed by atoms with Gasteiger partial charge in [0.25, 0.3) is 5.69 Å². The number of benzene rings is 2. The van der Waals surface area contributed by atoms with Crippen LogP contribution in [-0.4, -0.2) is 18.6 Å². The van der Waals surface area contributed by atoms with Crippen LogP contribution in [0.3, 0.4) is 0 Å². The highest BCUT2D eigenvalue weighted by Gasteiger charge is 2.12. The summed E-state index contributed by atoms with van der Waals surface area (Å²) < 4.78 is 11.9. The minimum absolute atomic E-state index is 0.0559. The van der Waals surface area contributed by atoms with E-state index in [1.807, 2.05) is 12.1 Å². The van der Waals surface area contributed by atoms with Gasteiger partial charge in [0, 0.05) is 24.4 Å². The molecule has 2 aromatic carbocycles. The van der Waals surface area contributed by atoms with Crippen LogP contribution in [0.2, 0.25) is 0 Å². The van der Waals surface area contributed by atoms with Crippen molar-refractivity contribution in [1.82, 2.24) is 0 Å². The van der Waals surface area contributed by atoms with Gasteiger partial charge in [-0.3, -0.25) is 10.1 Å². The minimum Gasteiger partial charge on any atom is -0.493 e. The van der Waals surface area contributed by atoms with Gasteiger partial charge >= 0.3 is 0 Å². The fraction of sp³-hybridized carbons (Fsp3) is 0.176. The normalized spacial score (nSPS) is 10.1. The molecule has 0 spiro atoms. The highest BCUT2D eigenvalue weighted by Crippen LogP contribution is 2.34. The molecule has 0 aliphatic carbocycles. The average molecular weight is 440 g/mol. The molecule has 0 aliphatic heterocycles. The van der Waals surface area contributed by atoms with Crippen LogP contribution in [0.1, 0.15) is 5.56 Å². The third kappa shape index (κ3) is 4.60. The van der Waals surface area contributed by atoms with Crippen molar-refractivity contribution in [2.45, 2.75) is 6.54 Å². The maximum absolute atomic E-state index is 10.8. The van der Waals surface area contributed by atoms with E-state index < -0.39 is 4.92 Å². The first kappa shape index (κ1) is 18.1. The second-order valence-corrected chi connectivity index (χ2v) is 6.03. The molecule has 0 heterocycles. The molecule has 0 bridgehead atoms. The SMILES string of the molecule is C=CCOc1c(I)cc(CNc2cccc([N+](=O)[O-])c2)cc1OC. The van der Waals surface area contributed by atoms with Gasteiger partial charge < -0.3 is 14.8 Å². The molecular weight excluding hydrogens is 423 g/mol. The van der Waals surface area contributed by atoms with Gasteiger partial charge in [-0.25, -0.2) is 0 Å². The molecule has 1 N–H and O–H groups in total. The molecule has 0 radical (unpaired) electrons. The zero-order valence-electron chi connectivity index (χ0n) is 13.1. The van der Waals surface area contributed by atoms with Crippen molar-refractivity contribution in [2.75, 3.05) is 19.0 Å². The zero-order valence-corrected chi connectivity index (χ0v) is 15.3. The van der Waals surface area contributed by atoms with E-state index >= 15 is 0 Å². The molecule has 0 saturated heterocycles. The van der Waals surface area contributed by atoms with Crippen molar-refractivity contribution in [3.63, 3.8) is 0 Å². The van der Waals surface area contributed by atoms with Crippen LogP contribution in [0, 0.1) is 13.7 Å². The number of hydrogen-bond acceptors (Lipinski definition) is 5. The Morgan fingerprint density at radius 1 is 1.38 bits per heavy atom. The number of nitrogens with one attached hydrogen (secondary N) is 1. The molecule has 0 aromatic heterocycles. The van der Waals surface area contributed by atoms with Crippen molar-refractivity contribution in [3.8, 4) is 11.5 Å². The summed E-state index contributed by atoms with van der Waals surface area (Å²) in [6.45, 7) is 4.54. The second kappa shape index (κ2) is 8.53. The van der Waals surface area contributed by atoms with Crippen molar-refractivity contribution in [1.29, 1.82) is 0 Å². The smallest absolute Gasteiger partial charge is 0.271 e. The number of ether oxygens (including phenoxy) is 2. The van der Waals surface area contributed by atoms with E-state index in [0.717, 1.165) is 9.13 Å². The summed E-state index contributed by atoms with van der Waals surface area (Å²) in [5.41, 5.74) is 1.72. The fourth-order valence-electron chi connectivity index (χ4n) is 2.09. The van der Waals surface area contributed by atoms with E-state index in [1.165, 1.54) is 12.1 Å². The molecule has 0 atom stereocenters. The van der Waals surface area contributed by atoms with Gasteiger partial charge in [0.1, 0.15) is 6.61 Å². The lowest BCUT2D eigenvalue weighted by Gasteiger charge is -2.14. The molecule has 2 aromatic rings. The Bertz CT molecular complexity index is 749. The largest absolute Gasteiger partial charge is 0.493 e. The van der Waals surface area contributed by atoms with Crippen molar-refractivity contribution < 1.29 is 14.4 Å². The Balaban J connectivity index is 2.15. The number of non-ortho nitro benzene ring substituents is 1. The van der Waals surface area contributed by atoms with E-state index in [2.05, 4.69) is 34.5 Å². The van der Waals surface area contributed by atoms with Gasteiger partial charge in [0.05, 0.1) is 15.6 Å². The number of anilines is 1. The Morgan fingerprint density at radius 3 is 2.83 bits per heavy atom. The molecule has 6 nitrogen and oxygen atoms in total. The number of rotatable bonds is 8. The predicted octanol–water partition coefficient (Wildman–Crippen LogP) is 4.38. The van der Waals surface area contributed by atoms with Crippen LogP contribution in [0.25, 0.3) is 0 Å². The fourth-order valence-corrected chi connectivity index (χ4v) is 2.91. The number of nitro benzene ring substituents is 1. The first-order valence-corrected chi connectivity index (χ1v) is 8.21. The first-order chi connectivity index (χ1) is 11.5. The van der Waals surface area contributed by atoms with E-state index in [1.54, 1.807) is 25.3 Å². The molecule has 0 amide bonds. The third-order valence-corrected chi connectivity index (χ3v) is 3.99. The number of hydrogen-bond donors (Lipinski definition) is 1. The highest BCUT2D eigenvalue weighted by molar-refractivity contribution is 14.1. The van der Waals surface area contributed by atoms with Crippen LogP contribution in [0.5, 0.6) is 11.5 Å². The summed E-state index contributed by atoms with van der Waals surface area (Å²) in [5, 5.41) is 14.0. The number of methoxy groups -OCH3 is 1. The van der Waals surface area contributed by atoms with Crippen LogP contribution >= 0.6 is 22.6 Å². The number of nitro groups is 1. The zero-order chi connectivity index (χ0) is 17.5.